The van der Waals surface area contributed by atoms with Gasteiger partial charge in [0.2, 0.25) is 11.8 Å². The normalized spacial score (nSPS) is 12.1. The van der Waals surface area contributed by atoms with Gasteiger partial charge in [-0.25, -0.2) is 8.42 Å². The summed E-state index contributed by atoms with van der Waals surface area (Å²) in [6.07, 6.45) is 0.744. The molecule has 0 aromatic heterocycles. The number of rotatable bonds is 13. The molecule has 0 spiro atoms. The molecule has 4 aromatic rings. The van der Waals surface area contributed by atoms with Crippen molar-refractivity contribution in [3.8, 4) is 0 Å². The molecule has 0 radical (unpaired) electrons. The van der Waals surface area contributed by atoms with Crippen LogP contribution in [-0.4, -0.2) is 43.8 Å². The van der Waals surface area contributed by atoms with Gasteiger partial charge in [-0.15, -0.1) is 0 Å². The number of benzene rings is 4. The molecular formula is C36H39Cl2N3O4S. The quantitative estimate of drug-likeness (QED) is 0.162. The summed E-state index contributed by atoms with van der Waals surface area (Å²) in [6, 6.07) is 26.8. The topological polar surface area (TPSA) is 86.8 Å². The van der Waals surface area contributed by atoms with Crippen LogP contribution in [0.2, 0.25) is 10.0 Å². The van der Waals surface area contributed by atoms with Crippen molar-refractivity contribution in [1.29, 1.82) is 0 Å². The van der Waals surface area contributed by atoms with Crippen LogP contribution in [0.3, 0.4) is 0 Å². The molecule has 10 heteroatoms. The number of para-hydroxylation sites is 1. The van der Waals surface area contributed by atoms with Crippen LogP contribution in [-0.2, 0) is 39.0 Å². The molecule has 0 aliphatic heterocycles. The Labute approximate surface area is 282 Å². The van der Waals surface area contributed by atoms with E-state index in [1.54, 1.807) is 42.5 Å². The molecule has 0 fully saturated rings. The largest absolute Gasteiger partial charge is 0.352 e. The summed E-state index contributed by atoms with van der Waals surface area (Å²) in [5.41, 5.74) is 3.47. The molecule has 4 rings (SSSR count). The fourth-order valence-corrected chi connectivity index (χ4v) is 7.09. The minimum Gasteiger partial charge on any atom is -0.352 e. The zero-order valence-corrected chi connectivity index (χ0v) is 28.7. The number of sulfonamides is 1. The molecule has 0 heterocycles. The van der Waals surface area contributed by atoms with Gasteiger partial charge in [0.05, 0.1) is 10.6 Å². The predicted octanol–water partition coefficient (Wildman–Crippen LogP) is 7.22. The summed E-state index contributed by atoms with van der Waals surface area (Å²) >= 11 is 12.8. The van der Waals surface area contributed by atoms with Gasteiger partial charge in [-0.3, -0.25) is 13.9 Å². The monoisotopic (exact) mass is 679 g/mol. The van der Waals surface area contributed by atoms with Crippen LogP contribution < -0.4 is 9.62 Å². The van der Waals surface area contributed by atoms with E-state index in [1.165, 1.54) is 17.0 Å². The lowest BCUT2D eigenvalue weighted by atomic mass is 10.0. The number of anilines is 1. The van der Waals surface area contributed by atoms with Crippen molar-refractivity contribution in [2.24, 2.45) is 0 Å². The van der Waals surface area contributed by atoms with E-state index in [0.29, 0.717) is 27.7 Å². The van der Waals surface area contributed by atoms with E-state index in [9.17, 15) is 18.0 Å². The third-order valence-electron chi connectivity index (χ3n) is 7.59. The fourth-order valence-electron chi connectivity index (χ4n) is 5.17. The van der Waals surface area contributed by atoms with Crippen molar-refractivity contribution in [3.63, 3.8) is 0 Å². The Morgan fingerprint density at radius 3 is 2.13 bits per heavy atom. The van der Waals surface area contributed by atoms with Crippen LogP contribution in [0.25, 0.3) is 0 Å². The Morgan fingerprint density at radius 2 is 1.50 bits per heavy atom. The van der Waals surface area contributed by atoms with Crippen LogP contribution in [0.15, 0.2) is 102 Å². The van der Waals surface area contributed by atoms with E-state index < -0.39 is 28.5 Å². The molecule has 1 N–H and O–H groups in total. The van der Waals surface area contributed by atoms with Gasteiger partial charge in [0.25, 0.3) is 10.0 Å². The molecule has 0 aliphatic rings. The first kappa shape index (κ1) is 35.0. The second-order valence-corrected chi connectivity index (χ2v) is 14.1. The molecule has 0 saturated heterocycles. The number of halogens is 2. The molecule has 0 bridgehead atoms. The summed E-state index contributed by atoms with van der Waals surface area (Å²) in [6.45, 7) is 6.90. The second-order valence-electron chi connectivity index (χ2n) is 11.4. The Morgan fingerprint density at radius 1 is 0.848 bits per heavy atom. The highest BCUT2D eigenvalue weighted by molar-refractivity contribution is 7.92. The van der Waals surface area contributed by atoms with Crippen molar-refractivity contribution in [2.45, 2.75) is 64.1 Å². The lowest BCUT2D eigenvalue weighted by molar-refractivity contribution is -0.140. The number of amides is 2. The van der Waals surface area contributed by atoms with Gasteiger partial charge in [-0.05, 0) is 74.2 Å². The number of hydrogen-bond acceptors (Lipinski definition) is 4. The number of aryl methyl sites for hydroxylation is 2. The summed E-state index contributed by atoms with van der Waals surface area (Å²) in [4.78, 5) is 30.0. The van der Waals surface area contributed by atoms with E-state index in [0.717, 1.165) is 21.0 Å². The van der Waals surface area contributed by atoms with Crippen LogP contribution in [0.4, 0.5) is 5.69 Å². The molecule has 46 heavy (non-hydrogen) atoms. The smallest absolute Gasteiger partial charge is 0.264 e. The Bertz CT molecular complexity index is 1760. The number of nitrogens with one attached hydrogen (secondary N) is 1. The second kappa shape index (κ2) is 15.6. The van der Waals surface area contributed by atoms with Crippen LogP contribution in [0.1, 0.15) is 43.0 Å². The van der Waals surface area contributed by atoms with Crippen molar-refractivity contribution >= 4 is 50.7 Å². The zero-order chi connectivity index (χ0) is 33.4. The summed E-state index contributed by atoms with van der Waals surface area (Å²) in [7, 11) is -4.20. The minimum absolute atomic E-state index is 0.0499. The third kappa shape index (κ3) is 8.69. The maximum Gasteiger partial charge on any atom is 0.264 e. The Hall–Kier alpha value is -3.85. The van der Waals surface area contributed by atoms with E-state index in [2.05, 4.69) is 5.32 Å². The number of carbonyl (C=O) groups is 2. The molecule has 1 atom stereocenters. The van der Waals surface area contributed by atoms with Gasteiger partial charge in [-0.1, -0.05) is 102 Å². The average Bonchev–Trinajstić information content (AvgIpc) is 3.02. The molecule has 0 aliphatic carbocycles. The van der Waals surface area contributed by atoms with Crippen molar-refractivity contribution in [1.82, 2.24) is 10.2 Å². The molecular weight excluding hydrogens is 641 g/mol. The third-order valence-corrected chi connectivity index (χ3v) is 9.95. The fraction of sp³-hybridized carbons (Fsp3) is 0.278. The molecule has 0 saturated carbocycles. The van der Waals surface area contributed by atoms with Gasteiger partial charge in [0.15, 0.2) is 0 Å². The first-order valence-corrected chi connectivity index (χ1v) is 17.3. The van der Waals surface area contributed by atoms with Crippen LogP contribution >= 0.6 is 23.2 Å². The zero-order valence-electron chi connectivity index (χ0n) is 26.4. The molecule has 242 valence electrons. The highest BCUT2D eigenvalue weighted by atomic mass is 35.5. The highest BCUT2D eigenvalue weighted by Gasteiger charge is 2.35. The maximum atomic E-state index is 14.6. The number of hydrogen-bond donors (Lipinski definition) is 1. The summed E-state index contributed by atoms with van der Waals surface area (Å²) < 4.78 is 29.7. The average molecular weight is 681 g/mol. The van der Waals surface area contributed by atoms with Crippen LogP contribution in [0, 0.1) is 6.92 Å². The lowest BCUT2D eigenvalue weighted by Crippen LogP contribution is -2.54. The molecule has 0 unspecified atom stereocenters. The Balaban J connectivity index is 1.85. The number of nitrogens with zero attached hydrogens (tertiary/aromatic N) is 2. The van der Waals surface area contributed by atoms with Crippen molar-refractivity contribution < 1.29 is 18.0 Å². The summed E-state index contributed by atoms with van der Waals surface area (Å²) in [5, 5.41) is 3.71. The van der Waals surface area contributed by atoms with E-state index in [-0.39, 0.29) is 29.8 Å². The first-order chi connectivity index (χ1) is 21.9. The van der Waals surface area contributed by atoms with Gasteiger partial charge in [-0.2, -0.15) is 0 Å². The van der Waals surface area contributed by atoms with Gasteiger partial charge < -0.3 is 10.2 Å². The van der Waals surface area contributed by atoms with Crippen molar-refractivity contribution in [3.05, 3.63) is 129 Å². The van der Waals surface area contributed by atoms with Crippen LogP contribution in [0.5, 0.6) is 0 Å². The summed E-state index contributed by atoms with van der Waals surface area (Å²) in [5.74, 6) is -0.924. The number of carbonyl (C=O) groups excluding carboxylic acids is 2. The lowest BCUT2D eigenvalue weighted by Gasteiger charge is -2.34. The molecule has 7 nitrogen and oxygen atoms in total. The van der Waals surface area contributed by atoms with Gasteiger partial charge in [0.1, 0.15) is 12.6 Å². The molecule has 2 amide bonds. The SMILES string of the molecule is CCc1ccccc1N(CC(=O)N(Cc1ccc(Cl)cc1Cl)[C@H](Cc1ccccc1)C(=O)NC(C)C)S(=O)(=O)c1ccc(C)cc1. The van der Waals surface area contributed by atoms with E-state index in [1.807, 2.05) is 70.2 Å². The maximum absolute atomic E-state index is 14.6. The Kier molecular flexibility index (Phi) is 11.9. The van der Waals surface area contributed by atoms with Gasteiger partial charge >= 0.3 is 0 Å². The standard InChI is InChI=1S/C36H39Cl2N3O4S/c1-5-28-13-9-10-14-33(28)41(46(44,45)31-19-15-26(4)16-20-31)24-35(42)40(23-29-17-18-30(37)22-32(29)38)34(36(43)39-25(2)3)21-27-11-7-6-8-12-27/h6-20,22,25,34H,5,21,23-24H2,1-4H3,(H,39,43)/t34-/m1/s1. The molecule has 4 aromatic carbocycles. The van der Waals surface area contributed by atoms with E-state index >= 15 is 0 Å². The van der Waals surface area contributed by atoms with E-state index in [4.69, 9.17) is 23.2 Å². The minimum atomic E-state index is -4.20. The predicted molar refractivity (Wildman–Crippen MR) is 186 cm³/mol. The first-order valence-electron chi connectivity index (χ1n) is 15.2. The van der Waals surface area contributed by atoms with Crippen molar-refractivity contribution in [2.75, 3.05) is 10.8 Å². The van der Waals surface area contributed by atoms with Gasteiger partial charge in [0, 0.05) is 29.1 Å². The highest BCUT2D eigenvalue weighted by Crippen LogP contribution is 2.29.